The highest BCUT2D eigenvalue weighted by molar-refractivity contribution is 7.83. The minimum atomic E-state index is -1.84. The molecule has 35 heavy (non-hydrogen) atoms. The quantitative estimate of drug-likeness (QED) is 0.462. The van der Waals surface area contributed by atoms with Gasteiger partial charge in [-0.05, 0) is 49.4 Å². The summed E-state index contributed by atoms with van der Waals surface area (Å²) >= 11 is -1.84. The lowest BCUT2D eigenvalue weighted by Gasteiger charge is -2.30. The number of para-hydroxylation sites is 1. The van der Waals surface area contributed by atoms with Gasteiger partial charge in [-0.15, -0.1) is 8.80 Å². The topological polar surface area (TPSA) is 140 Å². The van der Waals surface area contributed by atoms with E-state index in [9.17, 15) is 19.2 Å². The number of amides is 1. The van der Waals surface area contributed by atoms with Gasteiger partial charge in [-0.3, -0.25) is 4.79 Å². The zero-order valence-electron chi connectivity index (χ0n) is 20.2. The molecule has 188 valence electrons. The van der Waals surface area contributed by atoms with Crippen LogP contribution in [0, 0.1) is 12.3 Å². The van der Waals surface area contributed by atoms with Crippen LogP contribution in [0.25, 0.3) is 0 Å². The van der Waals surface area contributed by atoms with Gasteiger partial charge in [0.1, 0.15) is 11.5 Å². The van der Waals surface area contributed by atoms with Gasteiger partial charge in [-0.25, -0.2) is 4.21 Å². The number of amidine groups is 2. The summed E-state index contributed by atoms with van der Waals surface area (Å²) in [6.07, 6.45) is 1.52. The van der Waals surface area contributed by atoms with Gasteiger partial charge in [0, 0.05) is 6.54 Å². The Balaban J connectivity index is 1.57. The van der Waals surface area contributed by atoms with Crippen LogP contribution in [0.3, 0.4) is 0 Å². The summed E-state index contributed by atoms with van der Waals surface area (Å²) in [7, 11) is 0. The first-order valence-corrected chi connectivity index (χ1v) is 12.6. The molecule has 2 aliphatic rings. The van der Waals surface area contributed by atoms with Gasteiger partial charge in [0.05, 0.1) is 29.9 Å². The second-order valence-corrected chi connectivity index (χ2v) is 10.6. The fourth-order valence-corrected chi connectivity index (χ4v) is 4.92. The lowest BCUT2D eigenvalue weighted by atomic mass is 9.85. The number of anilines is 1. The minimum Gasteiger partial charge on any atom is -0.505 e. The molecule has 4 rings (SSSR count). The molecular formula is C24H31N5O5S. The average molecular weight is 502 g/mol. The Kier molecular flexibility index (Phi) is 7.00. The maximum Gasteiger partial charge on any atom is 0.269 e. The molecule has 0 aliphatic carbocycles. The molecular weight excluding hydrogens is 470 g/mol. The van der Waals surface area contributed by atoms with Gasteiger partial charge >= 0.3 is 0 Å². The average Bonchev–Trinajstić information content (AvgIpc) is 3.52. The van der Waals surface area contributed by atoms with Crippen molar-refractivity contribution in [1.29, 1.82) is 0 Å². The number of nitrogens with zero attached hydrogens (tertiary/aromatic N) is 3. The molecule has 1 fully saturated rings. The lowest BCUT2D eigenvalue weighted by molar-refractivity contribution is 0.0674. The SMILES string of the molecule is Cc1ccc([C@H](NC2=NS(=O)N=C2Nc2cccc(C(=O)N3CCCC3CO)c2O)C(C)(C)C)o1. The van der Waals surface area contributed by atoms with E-state index < -0.39 is 11.2 Å². The molecule has 3 atom stereocenters. The number of benzene rings is 1. The fraction of sp³-hybridized carbons (Fsp3) is 0.458. The van der Waals surface area contributed by atoms with E-state index in [4.69, 9.17) is 4.42 Å². The van der Waals surface area contributed by atoms with Crippen LogP contribution in [0.2, 0.25) is 0 Å². The molecule has 2 aromatic rings. The molecule has 1 saturated heterocycles. The third-order valence-corrected chi connectivity index (χ3v) is 6.80. The van der Waals surface area contributed by atoms with Gasteiger partial charge in [0.25, 0.3) is 17.1 Å². The van der Waals surface area contributed by atoms with Crippen molar-refractivity contribution < 1.29 is 23.6 Å². The number of likely N-dealkylation sites (tertiary alicyclic amines) is 1. The highest BCUT2D eigenvalue weighted by Gasteiger charge is 2.34. The molecule has 0 saturated carbocycles. The first-order chi connectivity index (χ1) is 16.6. The number of aliphatic hydroxyl groups is 1. The van der Waals surface area contributed by atoms with Crippen molar-refractivity contribution in [1.82, 2.24) is 10.2 Å². The molecule has 0 spiro atoms. The van der Waals surface area contributed by atoms with E-state index in [-0.39, 0.29) is 58.7 Å². The molecule has 2 aliphatic heterocycles. The zero-order chi connectivity index (χ0) is 25.3. The maximum atomic E-state index is 13.1. The maximum absolute atomic E-state index is 13.1. The van der Waals surface area contributed by atoms with Crippen LogP contribution in [0.15, 0.2) is 43.5 Å². The second-order valence-electron chi connectivity index (χ2n) is 9.81. The molecule has 2 unspecified atom stereocenters. The van der Waals surface area contributed by atoms with Gasteiger partial charge in [-0.1, -0.05) is 26.8 Å². The third-order valence-electron chi connectivity index (χ3n) is 6.12. The van der Waals surface area contributed by atoms with E-state index in [1.807, 2.05) is 39.8 Å². The smallest absolute Gasteiger partial charge is 0.269 e. The summed E-state index contributed by atoms with van der Waals surface area (Å²) in [4.78, 5) is 14.6. The number of aliphatic hydroxyl groups excluding tert-OH is 1. The Morgan fingerprint density at radius 3 is 2.66 bits per heavy atom. The van der Waals surface area contributed by atoms with E-state index in [1.54, 1.807) is 17.0 Å². The van der Waals surface area contributed by atoms with Crippen molar-refractivity contribution >= 4 is 34.4 Å². The number of hydrogen-bond acceptors (Lipinski definition) is 7. The fourth-order valence-electron chi connectivity index (χ4n) is 4.29. The summed E-state index contributed by atoms with van der Waals surface area (Å²) in [5.41, 5.74) is 0.0548. The van der Waals surface area contributed by atoms with E-state index in [1.165, 1.54) is 6.07 Å². The van der Waals surface area contributed by atoms with Crippen LogP contribution < -0.4 is 10.6 Å². The van der Waals surface area contributed by atoms with Gasteiger partial charge in [-0.2, -0.15) is 0 Å². The Labute approximate surface area is 206 Å². The Morgan fingerprint density at radius 2 is 2.00 bits per heavy atom. The first-order valence-electron chi connectivity index (χ1n) is 11.5. The number of aryl methyl sites for hydroxylation is 1. The summed E-state index contributed by atoms with van der Waals surface area (Å²) in [5, 5.41) is 26.7. The standard InChI is InChI=1S/C24H31N5O5S/c1-14-10-11-18(34-14)20(24(2,3)4)26-22-21(27-35(33)28-22)25-17-9-5-8-16(19(17)31)23(32)29-12-6-7-15(29)13-30/h5,8-11,15,20,30-31H,6-7,12-13H2,1-4H3,(H,25,27)(H,26,28)/t15?,20-,35?/m0/s1. The van der Waals surface area contributed by atoms with Gasteiger partial charge < -0.3 is 30.2 Å². The second kappa shape index (κ2) is 9.82. The molecule has 3 heterocycles. The predicted octanol–water partition coefficient (Wildman–Crippen LogP) is 3.07. The van der Waals surface area contributed by atoms with Crippen LogP contribution >= 0.6 is 0 Å². The number of furan rings is 1. The van der Waals surface area contributed by atoms with E-state index >= 15 is 0 Å². The molecule has 11 heteroatoms. The Morgan fingerprint density at radius 1 is 1.26 bits per heavy atom. The molecule has 0 bridgehead atoms. The van der Waals surface area contributed by atoms with Crippen molar-refractivity contribution in [3.8, 4) is 5.75 Å². The van der Waals surface area contributed by atoms with Crippen molar-refractivity contribution in [2.24, 2.45) is 14.2 Å². The molecule has 1 amide bonds. The highest BCUT2D eigenvalue weighted by atomic mass is 32.2. The summed E-state index contributed by atoms with van der Waals surface area (Å²) in [6.45, 7) is 8.38. The molecule has 1 aromatic carbocycles. The molecule has 0 radical (unpaired) electrons. The van der Waals surface area contributed by atoms with Crippen molar-refractivity contribution in [2.45, 2.75) is 52.6 Å². The van der Waals surface area contributed by atoms with Crippen LogP contribution in [-0.2, 0) is 11.2 Å². The minimum absolute atomic E-state index is 0.111. The molecule has 1 aromatic heterocycles. The van der Waals surface area contributed by atoms with E-state index in [0.717, 1.165) is 18.6 Å². The van der Waals surface area contributed by atoms with Crippen LogP contribution in [0.1, 0.15) is 61.5 Å². The van der Waals surface area contributed by atoms with Crippen LogP contribution in [-0.4, -0.2) is 56.1 Å². The normalized spacial score (nSPS) is 21.0. The monoisotopic (exact) mass is 501 g/mol. The van der Waals surface area contributed by atoms with E-state index in [2.05, 4.69) is 19.4 Å². The summed E-state index contributed by atoms with van der Waals surface area (Å²) in [6, 6.07) is 7.96. The Hall–Kier alpha value is -3.18. The number of carbonyl (C=O) groups is 1. The largest absolute Gasteiger partial charge is 0.505 e. The molecule has 4 N–H and O–H groups in total. The number of hydrogen-bond donors (Lipinski definition) is 4. The number of aromatic hydroxyl groups is 1. The number of carbonyl (C=O) groups excluding carboxylic acids is 1. The summed E-state index contributed by atoms with van der Waals surface area (Å²) < 4.78 is 26.2. The van der Waals surface area contributed by atoms with Crippen LogP contribution in [0.4, 0.5) is 5.69 Å². The first kappa shape index (κ1) is 24.9. The Bertz CT molecular complexity index is 1200. The number of phenols is 1. The van der Waals surface area contributed by atoms with E-state index in [0.29, 0.717) is 12.3 Å². The van der Waals surface area contributed by atoms with Crippen molar-refractivity contribution in [2.75, 3.05) is 18.5 Å². The van der Waals surface area contributed by atoms with Gasteiger partial charge in [0.2, 0.25) is 0 Å². The number of phenolic OH excluding ortho intramolecular Hbond substituents is 1. The van der Waals surface area contributed by atoms with Crippen molar-refractivity contribution in [3.63, 3.8) is 0 Å². The van der Waals surface area contributed by atoms with Crippen LogP contribution in [0.5, 0.6) is 5.75 Å². The number of rotatable bonds is 5. The molecule has 10 nitrogen and oxygen atoms in total. The highest BCUT2D eigenvalue weighted by Crippen LogP contribution is 2.35. The number of nitrogens with one attached hydrogen (secondary N) is 2. The van der Waals surface area contributed by atoms with Crippen molar-refractivity contribution in [3.05, 3.63) is 47.4 Å². The lowest BCUT2D eigenvalue weighted by Crippen LogP contribution is -2.41. The van der Waals surface area contributed by atoms with Gasteiger partial charge in [0.15, 0.2) is 17.4 Å². The summed E-state index contributed by atoms with van der Waals surface area (Å²) in [5.74, 6) is 1.30. The zero-order valence-corrected chi connectivity index (χ0v) is 21.1. The third kappa shape index (κ3) is 5.25. The predicted molar refractivity (Wildman–Crippen MR) is 135 cm³/mol.